The van der Waals surface area contributed by atoms with Crippen molar-refractivity contribution >= 4 is 10.0 Å². The molecular formula is C15H19NO4S. The Morgan fingerprint density at radius 2 is 1.95 bits per heavy atom. The van der Waals surface area contributed by atoms with Crippen LogP contribution in [-0.2, 0) is 21.2 Å². The molecule has 1 atom stereocenters. The Kier molecular flexibility index (Phi) is 5.55. The largest absolute Gasteiger partial charge is 0.467 e. The van der Waals surface area contributed by atoms with Crippen LogP contribution in [0.1, 0.15) is 17.4 Å². The maximum absolute atomic E-state index is 12.0. The average molecular weight is 309 g/mol. The van der Waals surface area contributed by atoms with Crippen LogP contribution >= 0.6 is 0 Å². The van der Waals surface area contributed by atoms with E-state index in [2.05, 4.69) is 4.72 Å². The zero-order valence-corrected chi connectivity index (χ0v) is 12.7. The quantitative estimate of drug-likeness (QED) is 0.811. The first-order valence-corrected chi connectivity index (χ1v) is 8.33. The zero-order chi connectivity index (χ0) is 15.1. The zero-order valence-electron chi connectivity index (χ0n) is 11.9. The summed E-state index contributed by atoms with van der Waals surface area (Å²) >= 11 is 0. The molecule has 0 saturated heterocycles. The second kappa shape index (κ2) is 7.40. The van der Waals surface area contributed by atoms with Gasteiger partial charge < -0.3 is 9.15 Å². The molecule has 6 heteroatoms. The van der Waals surface area contributed by atoms with Crippen LogP contribution in [-0.4, -0.2) is 27.8 Å². The predicted molar refractivity (Wildman–Crippen MR) is 80.4 cm³/mol. The van der Waals surface area contributed by atoms with Crippen LogP contribution < -0.4 is 4.72 Å². The molecule has 1 N–H and O–H groups in total. The number of ether oxygens (including phenoxy) is 1. The Hall–Kier alpha value is -1.63. The Balaban J connectivity index is 1.86. The van der Waals surface area contributed by atoms with Gasteiger partial charge in [0.25, 0.3) is 0 Å². The number of hydrogen-bond acceptors (Lipinski definition) is 4. The van der Waals surface area contributed by atoms with Crippen LogP contribution in [0, 0.1) is 0 Å². The van der Waals surface area contributed by atoms with Gasteiger partial charge >= 0.3 is 0 Å². The van der Waals surface area contributed by atoms with E-state index in [1.807, 2.05) is 30.3 Å². The smallest absolute Gasteiger partial charge is 0.212 e. The summed E-state index contributed by atoms with van der Waals surface area (Å²) in [5.74, 6) is 0.647. The molecule has 0 fully saturated rings. The van der Waals surface area contributed by atoms with Crippen molar-refractivity contribution in [1.29, 1.82) is 0 Å². The SMILES string of the molecule is COC(CNS(=O)(=O)CCc1ccccc1)c1ccco1. The molecule has 0 amide bonds. The Labute approximate surface area is 125 Å². The molecule has 0 aliphatic heterocycles. The Morgan fingerprint density at radius 3 is 2.57 bits per heavy atom. The summed E-state index contributed by atoms with van der Waals surface area (Å²) in [6.45, 7) is 0.154. The minimum absolute atomic E-state index is 0.0472. The third kappa shape index (κ3) is 5.00. The van der Waals surface area contributed by atoms with Crippen LogP contribution in [0.2, 0.25) is 0 Å². The first-order chi connectivity index (χ1) is 10.1. The van der Waals surface area contributed by atoms with Gasteiger partial charge in [-0.05, 0) is 24.1 Å². The lowest BCUT2D eigenvalue weighted by Gasteiger charge is -2.14. The van der Waals surface area contributed by atoms with Crippen LogP contribution in [0.3, 0.4) is 0 Å². The molecule has 0 aliphatic carbocycles. The van der Waals surface area contributed by atoms with Crippen LogP contribution in [0.4, 0.5) is 0 Å². The number of methoxy groups -OCH3 is 1. The van der Waals surface area contributed by atoms with Gasteiger partial charge in [0.05, 0.1) is 12.0 Å². The number of nitrogens with one attached hydrogen (secondary N) is 1. The van der Waals surface area contributed by atoms with Crippen LogP contribution in [0.5, 0.6) is 0 Å². The van der Waals surface area contributed by atoms with Gasteiger partial charge in [-0.15, -0.1) is 0 Å². The van der Waals surface area contributed by atoms with Gasteiger partial charge in [0.1, 0.15) is 11.9 Å². The molecular weight excluding hydrogens is 290 g/mol. The fourth-order valence-corrected chi connectivity index (χ4v) is 3.00. The van der Waals surface area contributed by atoms with Gasteiger partial charge in [-0.25, -0.2) is 13.1 Å². The molecule has 5 nitrogen and oxygen atoms in total. The highest BCUT2D eigenvalue weighted by Gasteiger charge is 2.17. The lowest BCUT2D eigenvalue weighted by atomic mass is 10.2. The van der Waals surface area contributed by atoms with Crippen molar-refractivity contribution in [1.82, 2.24) is 4.72 Å². The maximum Gasteiger partial charge on any atom is 0.212 e. The molecule has 21 heavy (non-hydrogen) atoms. The molecule has 1 unspecified atom stereocenters. The third-order valence-corrected chi connectivity index (χ3v) is 4.48. The van der Waals surface area contributed by atoms with Crippen LogP contribution in [0.15, 0.2) is 53.1 Å². The summed E-state index contributed by atoms with van der Waals surface area (Å²) in [6.07, 6.45) is 1.59. The second-order valence-corrected chi connectivity index (χ2v) is 6.57. The van der Waals surface area contributed by atoms with Crippen molar-refractivity contribution in [3.8, 4) is 0 Å². The van der Waals surface area contributed by atoms with Crippen molar-refractivity contribution in [2.24, 2.45) is 0 Å². The van der Waals surface area contributed by atoms with Crippen molar-refractivity contribution < 1.29 is 17.6 Å². The minimum Gasteiger partial charge on any atom is -0.467 e. The van der Waals surface area contributed by atoms with E-state index in [-0.39, 0.29) is 12.3 Å². The summed E-state index contributed by atoms with van der Waals surface area (Å²) in [4.78, 5) is 0. The standard InChI is InChI=1S/C15H19NO4S/c1-19-15(14-8-5-10-20-14)12-16-21(17,18)11-9-13-6-3-2-4-7-13/h2-8,10,15-16H,9,11-12H2,1H3. The van der Waals surface area contributed by atoms with Gasteiger partial charge in [-0.1, -0.05) is 30.3 Å². The molecule has 0 aliphatic rings. The fourth-order valence-electron chi connectivity index (χ4n) is 1.95. The fraction of sp³-hybridized carbons (Fsp3) is 0.333. The topological polar surface area (TPSA) is 68.5 Å². The van der Waals surface area contributed by atoms with Gasteiger partial charge in [-0.2, -0.15) is 0 Å². The predicted octanol–water partition coefficient (Wildman–Crippen LogP) is 2.13. The maximum atomic E-state index is 12.0. The molecule has 0 spiro atoms. The van der Waals surface area contributed by atoms with E-state index in [1.165, 1.54) is 13.4 Å². The van der Waals surface area contributed by atoms with E-state index in [0.717, 1.165) is 5.56 Å². The molecule has 2 rings (SSSR count). The van der Waals surface area contributed by atoms with Crippen molar-refractivity contribution in [3.63, 3.8) is 0 Å². The van der Waals surface area contributed by atoms with Gasteiger partial charge in [-0.3, -0.25) is 0 Å². The van der Waals surface area contributed by atoms with E-state index in [0.29, 0.717) is 12.2 Å². The lowest BCUT2D eigenvalue weighted by molar-refractivity contribution is 0.0878. The van der Waals surface area contributed by atoms with Crippen molar-refractivity contribution in [3.05, 3.63) is 60.1 Å². The number of aryl methyl sites for hydroxylation is 1. The second-order valence-electron chi connectivity index (χ2n) is 4.64. The summed E-state index contributed by atoms with van der Waals surface area (Å²) in [6, 6.07) is 13.0. The molecule has 2 aromatic rings. The Bertz CT molecular complexity index is 623. The van der Waals surface area contributed by atoms with E-state index >= 15 is 0 Å². The number of sulfonamides is 1. The molecule has 1 aromatic heterocycles. The molecule has 114 valence electrons. The van der Waals surface area contributed by atoms with Gasteiger partial charge in [0, 0.05) is 13.7 Å². The highest BCUT2D eigenvalue weighted by molar-refractivity contribution is 7.89. The minimum atomic E-state index is -3.35. The summed E-state index contributed by atoms with van der Waals surface area (Å²) < 4.78 is 37.0. The highest BCUT2D eigenvalue weighted by Crippen LogP contribution is 2.16. The van der Waals surface area contributed by atoms with Crippen molar-refractivity contribution in [2.75, 3.05) is 19.4 Å². The molecule has 1 heterocycles. The summed E-state index contributed by atoms with van der Waals surface area (Å²) in [5.41, 5.74) is 0.997. The summed E-state index contributed by atoms with van der Waals surface area (Å²) in [7, 11) is -1.83. The van der Waals surface area contributed by atoms with Crippen molar-refractivity contribution in [2.45, 2.75) is 12.5 Å². The number of furan rings is 1. The third-order valence-electron chi connectivity index (χ3n) is 3.14. The van der Waals surface area contributed by atoms with E-state index < -0.39 is 16.1 Å². The van der Waals surface area contributed by atoms with Crippen LogP contribution in [0.25, 0.3) is 0 Å². The number of rotatable bonds is 8. The molecule has 0 saturated carbocycles. The lowest BCUT2D eigenvalue weighted by Crippen LogP contribution is -2.31. The normalized spacial score (nSPS) is 13.2. The number of hydrogen-bond donors (Lipinski definition) is 1. The number of benzene rings is 1. The average Bonchev–Trinajstić information content (AvgIpc) is 3.01. The highest BCUT2D eigenvalue weighted by atomic mass is 32.2. The molecule has 0 radical (unpaired) electrons. The summed E-state index contributed by atoms with van der Waals surface area (Å²) in [5, 5.41) is 0. The monoisotopic (exact) mass is 309 g/mol. The van der Waals surface area contributed by atoms with E-state index in [9.17, 15) is 8.42 Å². The van der Waals surface area contributed by atoms with Gasteiger partial charge in [0.15, 0.2) is 0 Å². The molecule has 0 bridgehead atoms. The van der Waals surface area contributed by atoms with E-state index in [1.54, 1.807) is 12.1 Å². The first kappa shape index (κ1) is 15.8. The van der Waals surface area contributed by atoms with E-state index in [4.69, 9.17) is 9.15 Å². The molecule has 1 aromatic carbocycles. The Morgan fingerprint density at radius 1 is 1.19 bits per heavy atom. The van der Waals surface area contributed by atoms with Gasteiger partial charge in [0.2, 0.25) is 10.0 Å². The first-order valence-electron chi connectivity index (χ1n) is 6.68.